The summed E-state index contributed by atoms with van der Waals surface area (Å²) in [5.41, 5.74) is 1.33. The molecule has 1 saturated carbocycles. The Hall–Kier alpha value is -1.02. The summed E-state index contributed by atoms with van der Waals surface area (Å²) < 4.78 is 5.73. The summed E-state index contributed by atoms with van der Waals surface area (Å²) in [6, 6.07) is 8.92. The lowest BCUT2D eigenvalue weighted by atomic mass is 9.96. The van der Waals surface area contributed by atoms with Crippen LogP contribution in [0, 0.1) is 5.92 Å². The molecule has 0 spiro atoms. The SMILES string of the molecule is CNC(c1ccc(OC2CC2)cc1)C(C)C. The molecule has 0 bridgehead atoms. The maximum Gasteiger partial charge on any atom is 0.119 e. The van der Waals surface area contributed by atoms with Crippen LogP contribution in [0.25, 0.3) is 0 Å². The molecule has 2 nitrogen and oxygen atoms in total. The largest absolute Gasteiger partial charge is 0.490 e. The second kappa shape index (κ2) is 4.88. The van der Waals surface area contributed by atoms with Gasteiger partial charge >= 0.3 is 0 Å². The van der Waals surface area contributed by atoms with E-state index >= 15 is 0 Å². The number of ether oxygens (including phenoxy) is 1. The van der Waals surface area contributed by atoms with Gasteiger partial charge in [0.05, 0.1) is 6.10 Å². The molecule has 1 unspecified atom stereocenters. The minimum atomic E-state index is 0.426. The Morgan fingerprint density at radius 3 is 2.25 bits per heavy atom. The van der Waals surface area contributed by atoms with Gasteiger partial charge in [-0.25, -0.2) is 0 Å². The van der Waals surface area contributed by atoms with Gasteiger partial charge in [-0.1, -0.05) is 26.0 Å². The van der Waals surface area contributed by atoms with Crippen LogP contribution in [-0.4, -0.2) is 13.2 Å². The molecule has 1 aliphatic rings. The van der Waals surface area contributed by atoms with Gasteiger partial charge in [0.15, 0.2) is 0 Å². The molecule has 0 radical (unpaired) electrons. The van der Waals surface area contributed by atoms with Crippen LogP contribution in [0.5, 0.6) is 5.75 Å². The van der Waals surface area contributed by atoms with Gasteiger partial charge in [-0.05, 0) is 43.5 Å². The summed E-state index contributed by atoms with van der Waals surface area (Å²) in [5, 5.41) is 3.35. The van der Waals surface area contributed by atoms with Crippen LogP contribution in [0.3, 0.4) is 0 Å². The van der Waals surface area contributed by atoms with Crippen molar-refractivity contribution in [1.82, 2.24) is 5.32 Å². The Morgan fingerprint density at radius 2 is 1.81 bits per heavy atom. The Kier molecular flexibility index (Phi) is 3.49. The number of hydrogen-bond donors (Lipinski definition) is 1. The van der Waals surface area contributed by atoms with Crippen molar-refractivity contribution in [2.24, 2.45) is 5.92 Å². The van der Waals surface area contributed by atoms with Crippen molar-refractivity contribution < 1.29 is 4.74 Å². The average molecular weight is 219 g/mol. The molecule has 1 fully saturated rings. The van der Waals surface area contributed by atoms with Crippen molar-refractivity contribution in [2.45, 2.75) is 38.8 Å². The first kappa shape index (κ1) is 11.5. The highest BCUT2D eigenvalue weighted by molar-refractivity contribution is 5.29. The third kappa shape index (κ3) is 2.76. The quantitative estimate of drug-likeness (QED) is 0.821. The molecule has 2 heteroatoms. The van der Waals surface area contributed by atoms with E-state index in [1.54, 1.807) is 0 Å². The lowest BCUT2D eigenvalue weighted by molar-refractivity contribution is 0.303. The van der Waals surface area contributed by atoms with Gasteiger partial charge in [-0.15, -0.1) is 0 Å². The van der Waals surface area contributed by atoms with Crippen molar-refractivity contribution >= 4 is 0 Å². The summed E-state index contributed by atoms with van der Waals surface area (Å²) >= 11 is 0. The lowest BCUT2D eigenvalue weighted by Crippen LogP contribution is -2.21. The maximum absolute atomic E-state index is 5.73. The van der Waals surface area contributed by atoms with E-state index in [0.29, 0.717) is 18.1 Å². The second-order valence-electron chi connectivity index (χ2n) is 4.90. The predicted octanol–water partition coefficient (Wildman–Crippen LogP) is 3.14. The number of benzene rings is 1. The Morgan fingerprint density at radius 1 is 1.19 bits per heavy atom. The van der Waals surface area contributed by atoms with Crippen LogP contribution in [0.15, 0.2) is 24.3 Å². The van der Waals surface area contributed by atoms with Gasteiger partial charge in [-0.3, -0.25) is 0 Å². The minimum Gasteiger partial charge on any atom is -0.490 e. The maximum atomic E-state index is 5.73. The molecule has 1 aromatic rings. The number of nitrogens with one attached hydrogen (secondary N) is 1. The lowest BCUT2D eigenvalue weighted by Gasteiger charge is -2.20. The molecular weight excluding hydrogens is 198 g/mol. The fraction of sp³-hybridized carbons (Fsp3) is 0.571. The van der Waals surface area contributed by atoms with Gasteiger partial charge in [0, 0.05) is 6.04 Å². The third-order valence-electron chi connectivity index (χ3n) is 3.04. The number of rotatable bonds is 5. The van der Waals surface area contributed by atoms with Crippen molar-refractivity contribution in [2.75, 3.05) is 7.05 Å². The summed E-state index contributed by atoms with van der Waals surface area (Å²) in [5.74, 6) is 1.60. The fourth-order valence-corrected chi connectivity index (χ4v) is 2.02. The molecular formula is C14H21NO. The molecule has 2 rings (SSSR count). The van der Waals surface area contributed by atoms with Crippen LogP contribution in [-0.2, 0) is 0 Å². The molecule has 0 saturated heterocycles. The molecule has 1 aliphatic carbocycles. The van der Waals surface area contributed by atoms with Gasteiger partial charge in [0.2, 0.25) is 0 Å². The van der Waals surface area contributed by atoms with Crippen LogP contribution >= 0.6 is 0 Å². The van der Waals surface area contributed by atoms with Crippen molar-refractivity contribution in [3.05, 3.63) is 29.8 Å². The first-order valence-corrected chi connectivity index (χ1v) is 6.14. The van der Waals surface area contributed by atoms with Gasteiger partial charge in [0.25, 0.3) is 0 Å². The van der Waals surface area contributed by atoms with E-state index in [9.17, 15) is 0 Å². The highest BCUT2D eigenvalue weighted by atomic mass is 16.5. The normalized spacial score (nSPS) is 17.5. The zero-order valence-corrected chi connectivity index (χ0v) is 10.4. The van der Waals surface area contributed by atoms with Crippen molar-refractivity contribution in [3.8, 4) is 5.75 Å². The molecule has 0 amide bonds. The Balaban J connectivity index is 2.04. The summed E-state index contributed by atoms with van der Waals surface area (Å²) in [4.78, 5) is 0. The van der Waals surface area contributed by atoms with Crippen LogP contribution in [0.2, 0.25) is 0 Å². The average Bonchev–Trinajstić information content (AvgIpc) is 3.05. The van der Waals surface area contributed by atoms with Crippen LogP contribution in [0.1, 0.15) is 38.3 Å². The van der Waals surface area contributed by atoms with E-state index < -0.39 is 0 Å². The van der Waals surface area contributed by atoms with Gasteiger partial charge in [0.1, 0.15) is 5.75 Å². The zero-order chi connectivity index (χ0) is 11.5. The minimum absolute atomic E-state index is 0.426. The third-order valence-corrected chi connectivity index (χ3v) is 3.04. The summed E-state index contributed by atoms with van der Waals surface area (Å²) in [6.07, 6.45) is 2.91. The van der Waals surface area contributed by atoms with Crippen molar-refractivity contribution in [3.63, 3.8) is 0 Å². The molecule has 1 atom stereocenters. The van der Waals surface area contributed by atoms with E-state index in [4.69, 9.17) is 4.74 Å². The van der Waals surface area contributed by atoms with Crippen molar-refractivity contribution in [1.29, 1.82) is 0 Å². The van der Waals surface area contributed by atoms with E-state index in [1.165, 1.54) is 18.4 Å². The fourth-order valence-electron chi connectivity index (χ4n) is 2.02. The Bertz CT molecular complexity index is 327. The molecule has 88 valence electrons. The second-order valence-corrected chi connectivity index (χ2v) is 4.90. The highest BCUT2D eigenvalue weighted by Gasteiger charge is 2.23. The molecule has 0 aliphatic heterocycles. The van der Waals surface area contributed by atoms with Crippen LogP contribution in [0.4, 0.5) is 0 Å². The highest BCUT2D eigenvalue weighted by Crippen LogP contribution is 2.28. The molecule has 16 heavy (non-hydrogen) atoms. The van der Waals surface area contributed by atoms with E-state index in [-0.39, 0.29) is 0 Å². The van der Waals surface area contributed by atoms with Gasteiger partial charge in [-0.2, -0.15) is 0 Å². The molecule has 0 heterocycles. The smallest absolute Gasteiger partial charge is 0.119 e. The van der Waals surface area contributed by atoms with E-state index in [2.05, 4.69) is 43.4 Å². The van der Waals surface area contributed by atoms with E-state index in [0.717, 1.165) is 5.75 Å². The number of hydrogen-bond acceptors (Lipinski definition) is 2. The Labute approximate surface area is 98.0 Å². The predicted molar refractivity (Wildman–Crippen MR) is 66.7 cm³/mol. The topological polar surface area (TPSA) is 21.3 Å². The summed E-state index contributed by atoms with van der Waals surface area (Å²) in [6.45, 7) is 4.46. The first-order valence-electron chi connectivity index (χ1n) is 6.14. The standard InChI is InChI=1S/C14H21NO/c1-10(2)14(15-3)11-4-6-12(7-5-11)16-13-8-9-13/h4-7,10,13-15H,8-9H2,1-3H3. The zero-order valence-electron chi connectivity index (χ0n) is 10.4. The molecule has 1 aromatic carbocycles. The first-order chi connectivity index (χ1) is 7.70. The molecule has 0 aromatic heterocycles. The van der Waals surface area contributed by atoms with E-state index in [1.807, 2.05) is 7.05 Å². The van der Waals surface area contributed by atoms with Crippen LogP contribution < -0.4 is 10.1 Å². The monoisotopic (exact) mass is 219 g/mol. The summed E-state index contributed by atoms with van der Waals surface area (Å²) in [7, 11) is 2.01. The van der Waals surface area contributed by atoms with Gasteiger partial charge < -0.3 is 10.1 Å². The molecule has 1 N–H and O–H groups in total.